The molecule has 2 aromatic rings. The molecule has 0 spiro atoms. The van der Waals surface area contributed by atoms with Crippen LogP contribution in [0.4, 0.5) is 5.00 Å². The Morgan fingerprint density at radius 3 is 2.64 bits per heavy atom. The first-order valence-corrected chi connectivity index (χ1v) is 10.8. The van der Waals surface area contributed by atoms with Crippen LogP contribution in [-0.2, 0) is 12.8 Å². The van der Waals surface area contributed by atoms with Crippen molar-refractivity contribution >= 4 is 44.1 Å². The summed E-state index contributed by atoms with van der Waals surface area (Å²) < 4.78 is 6.07. The average Bonchev–Trinajstić information content (AvgIpc) is 2.97. The SMILES string of the molecule is COc1ccc(Br)cc1C(=O)Nc1sc2c(c1C(N)=O)CCC(C(C)(C)C)C2. The number of nitrogens with one attached hydrogen (secondary N) is 1. The molecule has 28 heavy (non-hydrogen) atoms. The van der Waals surface area contributed by atoms with Gasteiger partial charge in [-0.3, -0.25) is 9.59 Å². The van der Waals surface area contributed by atoms with Crippen LogP contribution in [0.2, 0.25) is 0 Å². The number of benzene rings is 1. The first kappa shape index (κ1) is 20.9. The molecule has 1 aromatic heterocycles. The lowest BCUT2D eigenvalue weighted by molar-refractivity contribution is 0.1000. The molecule has 7 heteroatoms. The molecule has 3 N–H and O–H groups in total. The van der Waals surface area contributed by atoms with E-state index in [1.807, 2.05) is 0 Å². The largest absolute Gasteiger partial charge is 0.496 e. The van der Waals surface area contributed by atoms with E-state index < -0.39 is 5.91 Å². The maximum Gasteiger partial charge on any atom is 0.260 e. The van der Waals surface area contributed by atoms with E-state index >= 15 is 0 Å². The predicted octanol–water partition coefficient (Wildman–Crippen LogP) is 5.02. The number of fused-ring (bicyclic) bond motifs is 1. The molecular weight excluding hydrogens is 440 g/mol. The van der Waals surface area contributed by atoms with E-state index in [2.05, 4.69) is 42.0 Å². The van der Waals surface area contributed by atoms with Crippen LogP contribution in [0.3, 0.4) is 0 Å². The van der Waals surface area contributed by atoms with Crippen molar-refractivity contribution in [1.82, 2.24) is 0 Å². The van der Waals surface area contributed by atoms with E-state index in [1.165, 1.54) is 18.4 Å². The van der Waals surface area contributed by atoms with E-state index in [-0.39, 0.29) is 11.3 Å². The van der Waals surface area contributed by atoms with Gasteiger partial charge in [-0.25, -0.2) is 0 Å². The maximum absolute atomic E-state index is 12.9. The lowest BCUT2D eigenvalue weighted by atomic mass is 9.72. The Hall–Kier alpha value is -1.86. The van der Waals surface area contributed by atoms with Gasteiger partial charge in [-0.15, -0.1) is 11.3 Å². The van der Waals surface area contributed by atoms with Gasteiger partial charge in [0.1, 0.15) is 10.8 Å². The lowest BCUT2D eigenvalue weighted by Crippen LogP contribution is -2.27. The van der Waals surface area contributed by atoms with Gasteiger partial charge in [-0.1, -0.05) is 36.7 Å². The molecule has 0 aliphatic heterocycles. The van der Waals surface area contributed by atoms with E-state index in [4.69, 9.17) is 10.5 Å². The van der Waals surface area contributed by atoms with Gasteiger partial charge in [0.05, 0.1) is 18.2 Å². The first-order chi connectivity index (χ1) is 13.1. The molecule has 1 heterocycles. The van der Waals surface area contributed by atoms with Gasteiger partial charge in [0, 0.05) is 9.35 Å². The first-order valence-electron chi connectivity index (χ1n) is 9.21. The molecule has 1 atom stereocenters. The molecule has 1 unspecified atom stereocenters. The van der Waals surface area contributed by atoms with Crippen LogP contribution in [0.25, 0.3) is 0 Å². The maximum atomic E-state index is 12.9. The van der Waals surface area contributed by atoms with Crippen LogP contribution < -0.4 is 15.8 Å². The van der Waals surface area contributed by atoms with Crippen LogP contribution in [-0.4, -0.2) is 18.9 Å². The number of hydrogen-bond acceptors (Lipinski definition) is 4. The van der Waals surface area contributed by atoms with Crippen LogP contribution in [0.15, 0.2) is 22.7 Å². The van der Waals surface area contributed by atoms with E-state index in [9.17, 15) is 9.59 Å². The molecule has 1 aliphatic carbocycles. The second-order valence-corrected chi connectivity index (χ2v) is 10.2. The molecule has 0 fully saturated rings. The summed E-state index contributed by atoms with van der Waals surface area (Å²) in [5, 5.41) is 3.43. The van der Waals surface area contributed by atoms with Crippen LogP contribution in [0.1, 0.15) is 58.3 Å². The van der Waals surface area contributed by atoms with Crippen LogP contribution in [0, 0.1) is 11.3 Å². The van der Waals surface area contributed by atoms with Gasteiger partial charge < -0.3 is 15.8 Å². The Morgan fingerprint density at radius 2 is 2.04 bits per heavy atom. The summed E-state index contributed by atoms with van der Waals surface area (Å²) in [4.78, 5) is 26.2. The minimum absolute atomic E-state index is 0.196. The van der Waals surface area contributed by atoms with Crippen LogP contribution >= 0.6 is 27.3 Å². The molecule has 1 aliphatic rings. The van der Waals surface area contributed by atoms with Crippen molar-refractivity contribution in [2.24, 2.45) is 17.1 Å². The molecule has 150 valence electrons. The highest BCUT2D eigenvalue weighted by molar-refractivity contribution is 9.10. The van der Waals surface area contributed by atoms with Crippen molar-refractivity contribution in [3.05, 3.63) is 44.2 Å². The Morgan fingerprint density at radius 1 is 1.32 bits per heavy atom. The summed E-state index contributed by atoms with van der Waals surface area (Å²) in [5.41, 5.74) is 7.72. The number of amides is 2. The zero-order valence-corrected chi connectivity index (χ0v) is 18.9. The summed E-state index contributed by atoms with van der Waals surface area (Å²) in [6, 6.07) is 5.23. The average molecular weight is 465 g/mol. The number of primary amides is 1. The van der Waals surface area contributed by atoms with Crippen molar-refractivity contribution in [2.75, 3.05) is 12.4 Å². The Labute approximate surface area is 177 Å². The topological polar surface area (TPSA) is 81.4 Å². The number of carbonyl (C=O) groups is 2. The molecule has 0 saturated heterocycles. The summed E-state index contributed by atoms with van der Waals surface area (Å²) in [6.45, 7) is 6.73. The number of nitrogens with two attached hydrogens (primary N) is 1. The zero-order valence-electron chi connectivity index (χ0n) is 16.5. The summed E-state index contributed by atoms with van der Waals surface area (Å²) >= 11 is 4.85. The van der Waals surface area contributed by atoms with Gasteiger partial charge in [0.2, 0.25) is 0 Å². The fraction of sp³-hybridized carbons (Fsp3) is 0.429. The minimum atomic E-state index is -0.497. The molecule has 0 bridgehead atoms. The number of anilines is 1. The minimum Gasteiger partial charge on any atom is -0.496 e. The molecule has 0 saturated carbocycles. The van der Waals surface area contributed by atoms with Crippen molar-refractivity contribution < 1.29 is 14.3 Å². The molecular formula is C21H25BrN2O3S. The zero-order chi connectivity index (χ0) is 20.6. The van der Waals surface area contributed by atoms with Crippen LogP contribution in [0.5, 0.6) is 5.75 Å². The number of rotatable bonds is 4. The van der Waals surface area contributed by atoms with Gasteiger partial charge in [0.25, 0.3) is 11.8 Å². The molecule has 5 nitrogen and oxygen atoms in total. The standard InChI is InChI=1S/C21H25BrN2O3S/c1-21(2,3)11-5-7-13-16(9-11)28-20(17(13)18(23)25)24-19(26)14-10-12(22)6-8-15(14)27-4/h6,8,10-11H,5,7,9H2,1-4H3,(H2,23,25)(H,24,26). The second-order valence-electron chi connectivity index (χ2n) is 8.18. The molecule has 2 amide bonds. The third-order valence-corrected chi connectivity index (χ3v) is 7.03. The highest BCUT2D eigenvalue weighted by atomic mass is 79.9. The quantitative estimate of drug-likeness (QED) is 0.665. The second kappa shape index (κ2) is 7.87. The van der Waals surface area contributed by atoms with Crippen molar-refractivity contribution in [2.45, 2.75) is 40.0 Å². The van der Waals surface area contributed by atoms with Crippen molar-refractivity contribution in [1.29, 1.82) is 0 Å². The fourth-order valence-corrected chi connectivity index (χ4v) is 5.39. The number of thiophene rings is 1. The number of hydrogen-bond donors (Lipinski definition) is 2. The summed E-state index contributed by atoms with van der Waals surface area (Å²) in [7, 11) is 1.52. The number of halogens is 1. The van der Waals surface area contributed by atoms with E-state index in [0.29, 0.717) is 27.8 Å². The smallest absolute Gasteiger partial charge is 0.260 e. The lowest BCUT2D eigenvalue weighted by Gasteiger charge is -2.33. The molecule has 1 aromatic carbocycles. The number of ether oxygens (including phenoxy) is 1. The fourth-order valence-electron chi connectivity index (χ4n) is 3.70. The van der Waals surface area contributed by atoms with E-state index in [0.717, 1.165) is 34.2 Å². The summed E-state index contributed by atoms with van der Waals surface area (Å²) in [6.07, 6.45) is 2.72. The normalized spacial score (nSPS) is 16.4. The van der Waals surface area contributed by atoms with Crippen molar-refractivity contribution in [3.63, 3.8) is 0 Å². The Bertz CT molecular complexity index is 930. The summed E-state index contributed by atoms with van der Waals surface area (Å²) in [5.74, 6) is 0.179. The Balaban J connectivity index is 1.95. The monoisotopic (exact) mass is 464 g/mol. The number of methoxy groups -OCH3 is 1. The highest BCUT2D eigenvalue weighted by Gasteiger charge is 2.33. The third-order valence-electron chi connectivity index (χ3n) is 5.37. The van der Waals surface area contributed by atoms with E-state index in [1.54, 1.807) is 18.2 Å². The van der Waals surface area contributed by atoms with Gasteiger partial charge in [-0.05, 0) is 54.4 Å². The highest BCUT2D eigenvalue weighted by Crippen LogP contribution is 2.44. The van der Waals surface area contributed by atoms with Gasteiger partial charge in [0.15, 0.2) is 0 Å². The Kier molecular flexibility index (Phi) is 5.87. The van der Waals surface area contributed by atoms with Gasteiger partial charge in [-0.2, -0.15) is 0 Å². The molecule has 3 rings (SSSR count). The predicted molar refractivity (Wildman–Crippen MR) is 116 cm³/mol. The van der Waals surface area contributed by atoms with Crippen molar-refractivity contribution in [3.8, 4) is 5.75 Å². The van der Waals surface area contributed by atoms with Gasteiger partial charge >= 0.3 is 0 Å². The number of carbonyl (C=O) groups excluding carboxylic acids is 2. The molecule has 0 radical (unpaired) electrons. The third kappa shape index (κ3) is 4.10.